The van der Waals surface area contributed by atoms with Crippen LogP contribution < -0.4 is 10.6 Å². The summed E-state index contributed by atoms with van der Waals surface area (Å²) in [5.41, 5.74) is 0.216. The summed E-state index contributed by atoms with van der Waals surface area (Å²) < 4.78 is 4.66. The van der Waals surface area contributed by atoms with Crippen molar-refractivity contribution in [2.45, 2.75) is 12.5 Å². The number of carbonyl (C=O) groups is 3. The van der Waals surface area contributed by atoms with Gasteiger partial charge in [0.15, 0.2) is 0 Å². The molecule has 0 saturated carbocycles. The Labute approximate surface area is 164 Å². The van der Waals surface area contributed by atoms with E-state index >= 15 is 0 Å². The monoisotopic (exact) mass is 414 g/mol. The minimum absolute atomic E-state index is 0.000285. The molecule has 0 bridgehead atoms. The van der Waals surface area contributed by atoms with E-state index in [1.807, 2.05) is 17.5 Å². The Morgan fingerprint density at radius 2 is 2.00 bits per heavy atom. The molecule has 26 heavy (non-hydrogen) atoms. The predicted molar refractivity (Wildman–Crippen MR) is 101 cm³/mol. The van der Waals surface area contributed by atoms with Gasteiger partial charge in [0.1, 0.15) is 0 Å². The van der Waals surface area contributed by atoms with E-state index in [2.05, 4.69) is 15.4 Å². The fraction of sp³-hybridized carbons (Fsp3) is 0.235. The molecule has 0 fully saturated rings. The van der Waals surface area contributed by atoms with Crippen LogP contribution in [0.2, 0.25) is 10.0 Å². The number of nitrogens with one attached hydrogen (secondary N) is 2. The second-order valence-electron chi connectivity index (χ2n) is 5.22. The van der Waals surface area contributed by atoms with Crippen LogP contribution in [-0.2, 0) is 14.3 Å². The molecule has 2 N–H and O–H groups in total. The normalized spacial score (nSPS) is 11.5. The van der Waals surface area contributed by atoms with Crippen LogP contribution in [0.3, 0.4) is 0 Å². The molecule has 1 aromatic heterocycles. The highest BCUT2D eigenvalue weighted by Crippen LogP contribution is 2.23. The van der Waals surface area contributed by atoms with Gasteiger partial charge in [0, 0.05) is 9.90 Å². The summed E-state index contributed by atoms with van der Waals surface area (Å²) >= 11 is 13.2. The second-order valence-corrected chi connectivity index (χ2v) is 7.05. The van der Waals surface area contributed by atoms with Gasteiger partial charge in [-0.3, -0.25) is 14.4 Å². The number of esters is 1. The second kappa shape index (κ2) is 9.56. The number of hydrogen-bond donors (Lipinski definition) is 2. The van der Waals surface area contributed by atoms with Gasteiger partial charge in [0.05, 0.1) is 36.7 Å². The largest absolute Gasteiger partial charge is 0.469 e. The number of methoxy groups -OCH3 is 1. The molecule has 6 nitrogen and oxygen atoms in total. The van der Waals surface area contributed by atoms with Crippen LogP contribution in [0.4, 0.5) is 0 Å². The maximum absolute atomic E-state index is 12.2. The molecule has 0 aliphatic rings. The van der Waals surface area contributed by atoms with Gasteiger partial charge in [0.2, 0.25) is 5.91 Å². The molecule has 0 aliphatic carbocycles. The van der Waals surface area contributed by atoms with Gasteiger partial charge in [0.25, 0.3) is 5.91 Å². The van der Waals surface area contributed by atoms with E-state index < -0.39 is 23.8 Å². The molecule has 138 valence electrons. The fourth-order valence-electron chi connectivity index (χ4n) is 2.14. The standard InChI is InChI=1S/C17H16Cl2N2O4S/c1-25-16(23)8-13(14-3-2-6-26-14)21-15(22)9-20-17(24)11-5-4-10(18)7-12(11)19/h2-7,13H,8-9H2,1H3,(H,20,24)(H,21,22). The van der Waals surface area contributed by atoms with E-state index in [-0.39, 0.29) is 23.6 Å². The molecule has 1 unspecified atom stereocenters. The van der Waals surface area contributed by atoms with E-state index in [1.165, 1.54) is 36.6 Å². The first kappa shape index (κ1) is 20.2. The number of benzene rings is 1. The number of halogens is 2. The maximum atomic E-state index is 12.2. The van der Waals surface area contributed by atoms with Crippen LogP contribution in [0.25, 0.3) is 0 Å². The molecule has 0 aliphatic heterocycles. The molecular weight excluding hydrogens is 399 g/mol. The lowest BCUT2D eigenvalue weighted by atomic mass is 10.1. The van der Waals surface area contributed by atoms with Crippen molar-refractivity contribution < 1.29 is 19.1 Å². The van der Waals surface area contributed by atoms with Crippen molar-refractivity contribution in [3.63, 3.8) is 0 Å². The van der Waals surface area contributed by atoms with Crippen LogP contribution >= 0.6 is 34.5 Å². The minimum atomic E-state index is -0.522. The van der Waals surface area contributed by atoms with Crippen molar-refractivity contribution in [3.05, 3.63) is 56.2 Å². The summed E-state index contributed by atoms with van der Waals surface area (Å²) in [6, 6.07) is 7.56. The van der Waals surface area contributed by atoms with Crippen molar-refractivity contribution in [2.24, 2.45) is 0 Å². The Bertz CT molecular complexity index is 796. The zero-order valence-electron chi connectivity index (χ0n) is 13.8. The first-order valence-electron chi connectivity index (χ1n) is 7.53. The molecule has 1 atom stereocenters. The van der Waals surface area contributed by atoms with Gasteiger partial charge in [-0.25, -0.2) is 0 Å². The van der Waals surface area contributed by atoms with E-state index in [0.717, 1.165) is 4.88 Å². The van der Waals surface area contributed by atoms with E-state index in [4.69, 9.17) is 23.2 Å². The quantitative estimate of drug-likeness (QED) is 0.681. The van der Waals surface area contributed by atoms with Gasteiger partial charge in [-0.2, -0.15) is 0 Å². The molecule has 1 aromatic carbocycles. The molecular formula is C17H16Cl2N2O4S. The summed E-state index contributed by atoms with van der Waals surface area (Å²) in [7, 11) is 1.28. The molecule has 2 rings (SSSR count). The molecule has 2 amide bonds. The molecule has 9 heteroatoms. The van der Waals surface area contributed by atoms with Crippen LogP contribution in [0.1, 0.15) is 27.7 Å². The molecule has 0 radical (unpaired) electrons. The van der Waals surface area contributed by atoms with Crippen molar-refractivity contribution in [1.29, 1.82) is 0 Å². The molecule has 1 heterocycles. The number of carbonyl (C=O) groups excluding carboxylic acids is 3. The lowest BCUT2D eigenvalue weighted by Crippen LogP contribution is -2.39. The zero-order chi connectivity index (χ0) is 19.1. The van der Waals surface area contributed by atoms with Crippen molar-refractivity contribution in [3.8, 4) is 0 Å². The molecule has 0 saturated heterocycles. The van der Waals surface area contributed by atoms with Gasteiger partial charge < -0.3 is 15.4 Å². The average molecular weight is 415 g/mol. The van der Waals surface area contributed by atoms with Crippen LogP contribution in [-0.4, -0.2) is 31.4 Å². The Kier molecular flexibility index (Phi) is 7.44. The highest BCUT2D eigenvalue weighted by Gasteiger charge is 2.20. The highest BCUT2D eigenvalue weighted by atomic mass is 35.5. The average Bonchev–Trinajstić information content (AvgIpc) is 3.13. The van der Waals surface area contributed by atoms with Gasteiger partial charge in [-0.15, -0.1) is 11.3 Å². The summed E-state index contributed by atoms with van der Waals surface area (Å²) in [4.78, 5) is 36.7. The summed E-state index contributed by atoms with van der Waals surface area (Å²) in [5.74, 6) is -1.38. The Hall–Kier alpha value is -2.09. The number of amides is 2. The third kappa shape index (κ3) is 5.72. The number of rotatable bonds is 7. The minimum Gasteiger partial charge on any atom is -0.469 e. The first-order valence-corrected chi connectivity index (χ1v) is 9.17. The Morgan fingerprint density at radius 3 is 2.62 bits per heavy atom. The van der Waals surface area contributed by atoms with Gasteiger partial charge >= 0.3 is 5.97 Å². The van der Waals surface area contributed by atoms with Crippen molar-refractivity contribution in [1.82, 2.24) is 10.6 Å². The number of hydrogen-bond acceptors (Lipinski definition) is 5. The van der Waals surface area contributed by atoms with Gasteiger partial charge in [-0.05, 0) is 29.6 Å². The number of ether oxygens (including phenoxy) is 1. The van der Waals surface area contributed by atoms with E-state index in [9.17, 15) is 14.4 Å². The summed E-state index contributed by atoms with van der Waals surface area (Å²) in [6.45, 7) is -0.263. The van der Waals surface area contributed by atoms with E-state index in [1.54, 1.807) is 0 Å². The number of thiophene rings is 1. The maximum Gasteiger partial charge on any atom is 0.307 e. The smallest absolute Gasteiger partial charge is 0.307 e. The summed E-state index contributed by atoms with van der Waals surface area (Å²) in [5, 5.41) is 7.65. The Morgan fingerprint density at radius 1 is 1.23 bits per heavy atom. The van der Waals surface area contributed by atoms with Crippen LogP contribution in [0, 0.1) is 0 Å². The van der Waals surface area contributed by atoms with Gasteiger partial charge in [-0.1, -0.05) is 29.3 Å². The highest BCUT2D eigenvalue weighted by molar-refractivity contribution is 7.10. The summed E-state index contributed by atoms with van der Waals surface area (Å²) in [6.07, 6.45) is -0.000285. The van der Waals surface area contributed by atoms with Crippen LogP contribution in [0.15, 0.2) is 35.7 Å². The molecule has 0 spiro atoms. The third-order valence-electron chi connectivity index (χ3n) is 3.41. The SMILES string of the molecule is COC(=O)CC(NC(=O)CNC(=O)c1ccc(Cl)cc1Cl)c1cccs1. The van der Waals surface area contributed by atoms with Crippen molar-refractivity contribution >= 4 is 52.3 Å². The van der Waals surface area contributed by atoms with Crippen molar-refractivity contribution in [2.75, 3.05) is 13.7 Å². The fourth-order valence-corrected chi connectivity index (χ4v) is 3.41. The predicted octanol–water partition coefficient (Wildman–Crippen LogP) is 3.21. The lowest BCUT2D eigenvalue weighted by Gasteiger charge is -2.16. The third-order valence-corrected chi connectivity index (χ3v) is 4.94. The van der Waals surface area contributed by atoms with E-state index in [0.29, 0.717) is 5.02 Å². The lowest BCUT2D eigenvalue weighted by molar-refractivity contribution is -0.141. The molecule has 2 aromatic rings. The Balaban J connectivity index is 1.95. The topological polar surface area (TPSA) is 84.5 Å². The van der Waals surface area contributed by atoms with Crippen LogP contribution in [0.5, 0.6) is 0 Å². The zero-order valence-corrected chi connectivity index (χ0v) is 16.1. The first-order chi connectivity index (χ1) is 12.4.